The van der Waals surface area contributed by atoms with Crippen LogP contribution in [0.4, 0.5) is 51.2 Å². The quantitative estimate of drug-likeness (QED) is 0.148. The maximum atomic E-state index is 2.84. The zero-order valence-corrected chi connectivity index (χ0v) is 48.9. The van der Waals surface area contributed by atoms with Gasteiger partial charge in [-0.2, -0.15) is 0 Å². The molecule has 12 aromatic rings. The molecule has 6 aliphatic rings. The van der Waals surface area contributed by atoms with Crippen LogP contribution < -0.4 is 47.5 Å². The lowest BCUT2D eigenvalue weighted by Crippen LogP contribution is -2.75. The van der Waals surface area contributed by atoms with E-state index < -0.39 is 21.7 Å². The van der Waals surface area contributed by atoms with Crippen molar-refractivity contribution in [1.29, 1.82) is 0 Å². The molecule has 0 N–H and O–H groups in total. The number of benzene rings is 11. The summed E-state index contributed by atoms with van der Waals surface area (Å²) < 4.78 is 2.75. The van der Waals surface area contributed by atoms with Gasteiger partial charge in [-0.25, -0.2) is 0 Å². The van der Waals surface area contributed by atoms with Gasteiger partial charge in [0.25, 0.3) is 0 Å². The summed E-state index contributed by atoms with van der Waals surface area (Å²) in [6.07, 6.45) is 0. The second-order valence-electron chi connectivity index (χ2n) is 26.7. The molecule has 0 radical (unpaired) electrons. The Balaban J connectivity index is 1.08. The third-order valence-corrected chi connectivity index (χ3v) is 21.1. The molecule has 400 valence electrons. The fraction of sp³-hybridized carbons (Fsp3) is 0.154. The van der Waals surface area contributed by atoms with E-state index in [1.807, 2.05) is 0 Å². The predicted octanol–water partition coefficient (Wildman–Crippen LogP) is 15.4. The number of fused-ring (bicyclic) bond motifs is 5. The summed E-state index contributed by atoms with van der Waals surface area (Å²) in [6.45, 7) is 20.3. The maximum absolute atomic E-state index is 2.84. The van der Waals surface area contributed by atoms with Gasteiger partial charge in [-0.15, -0.1) is 0 Å². The zero-order valence-electron chi connectivity index (χ0n) is 48.9. The molecule has 0 saturated carbocycles. The number of anilines is 9. The van der Waals surface area contributed by atoms with Crippen molar-refractivity contribution < 1.29 is 0 Å². The van der Waals surface area contributed by atoms with Crippen LogP contribution in [0, 0.1) is 0 Å². The van der Waals surface area contributed by atoms with E-state index in [-0.39, 0.29) is 13.4 Å². The maximum Gasteiger partial charge on any atom is 0.248 e. The first-order chi connectivity index (χ1) is 40.8. The molecule has 1 aromatic heterocycles. The van der Waals surface area contributed by atoms with Crippen molar-refractivity contribution in [2.45, 2.75) is 77.0 Å². The van der Waals surface area contributed by atoms with Crippen LogP contribution in [0.3, 0.4) is 0 Å². The molecule has 6 aliphatic heterocycles. The lowest BCUT2D eigenvalue weighted by Gasteiger charge is -2.58. The third kappa shape index (κ3) is 5.77. The Morgan fingerprint density at radius 3 is 0.964 bits per heavy atom. The number of aromatic nitrogens is 1. The predicted molar refractivity (Wildman–Crippen MR) is 356 cm³/mol. The number of rotatable bonds is 7. The molecule has 18 rings (SSSR count). The van der Waals surface area contributed by atoms with E-state index in [2.05, 4.69) is 305 Å². The monoisotopic (exact) mass is 1080 g/mol. The zero-order chi connectivity index (χ0) is 56.5. The summed E-state index contributed by atoms with van der Waals surface area (Å²) in [4.78, 5) is 7.92. The van der Waals surface area contributed by atoms with Crippen molar-refractivity contribution in [3.8, 4) is 5.69 Å². The lowest BCUT2D eigenvalue weighted by atomic mass is 9.21. The fourth-order valence-corrected chi connectivity index (χ4v) is 17.9. The highest BCUT2D eigenvalue weighted by Crippen LogP contribution is 2.58. The van der Waals surface area contributed by atoms with Crippen LogP contribution in [0.15, 0.2) is 231 Å². The smallest absolute Gasteiger partial charge is 0.248 e. The normalized spacial score (nSPS) is 16.4. The highest BCUT2D eigenvalue weighted by atomic mass is 15.2. The van der Waals surface area contributed by atoms with E-state index in [0.717, 1.165) is 22.7 Å². The summed E-state index contributed by atoms with van der Waals surface area (Å²) in [6, 6.07) is 87.6. The SMILES string of the molecule is CC1(C)c2cccc3c2B2c4c(ccc(N(c5ccccc5)c5ccccc5)c41)N1c4ccc(N(c5ccccc5)c5ccccc5)c5c4B4c6c(cccc6C(C)(C)c6c4c1c2c(c6-n1c2ccccc2c2ccccc21)C3(C)C)C5(C)C. The van der Waals surface area contributed by atoms with Gasteiger partial charge in [0.05, 0.1) is 16.7 Å². The van der Waals surface area contributed by atoms with Crippen molar-refractivity contribution in [2.24, 2.45) is 0 Å². The van der Waals surface area contributed by atoms with Crippen molar-refractivity contribution >= 4 is 119 Å². The Morgan fingerprint density at radius 1 is 0.286 bits per heavy atom. The van der Waals surface area contributed by atoms with Gasteiger partial charge in [0, 0.05) is 83.6 Å². The molecule has 7 heterocycles. The first-order valence-corrected chi connectivity index (χ1v) is 30.3. The van der Waals surface area contributed by atoms with Crippen LogP contribution in [0.1, 0.15) is 99.9 Å². The Morgan fingerprint density at radius 2 is 0.607 bits per heavy atom. The average molecular weight is 1080 g/mol. The molecule has 0 aliphatic carbocycles. The van der Waals surface area contributed by atoms with Crippen LogP contribution in [0.5, 0.6) is 0 Å². The summed E-state index contributed by atoms with van der Waals surface area (Å²) >= 11 is 0. The Kier molecular flexibility index (Phi) is 9.37. The Bertz CT molecular complexity index is 4480. The van der Waals surface area contributed by atoms with Crippen LogP contribution in [0.2, 0.25) is 0 Å². The summed E-state index contributed by atoms with van der Waals surface area (Å²) in [5.74, 6) is 0. The first-order valence-electron chi connectivity index (χ1n) is 30.3. The number of nitrogens with zero attached hydrogens (tertiary/aromatic N) is 4. The number of hydrogen-bond acceptors (Lipinski definition) is 3. The topological polar surface area (TPSA) is 14.7 Å². The van der Waals surface area contributed by atoms with E-state index in [1.54, 1.807) is 0 Å². The van der Waals surface area contributed by atoms with Crippen molar-refractivity contribution in [3.05, 3.63) is 275 Å². The van der Waals surface area contributed by atoms with Crippen molar-refractivity contribution in [3.63, 3.8) is 0 Å². The summed E-state index contributed by atoms with van der Waals surface area (Å²) in [7, 11) is 0. The van der Waals surface area contributed by atoms with Gasteiger partial charge in [0.1, 0.15) is 0 Å². The van der Waals surface area contributed by atoms with E-state index in [9.17, 15) is 0 Å². The molecule has 6 heteroatoms. The molecular formula is C78H62B2N4. The van der Waals surface area contributed by atoms with E-state index >= 15 is 0 Å². The van der Waals surface area contributed by atoms with Crippen LogP contribution in [0.25, 0.3) is 27.5 Å². The highest BCUT2D eigenvalue weighted by Gasteiger charge is 2.62. The minimum Gasteiger partial charge on any atom is -0.312 e. The fourth-order valence-electron chi connectivity index (χ4n) is 17.9. The van der Waals surface area contributed by atoms with Crippen LogP contribution in [-0.4, -0.2) is 18.0 Å². The van der Waals surface area contributed by atoms with Gasteiger partial charge in [-0.3, -0.25) is 0 Å². The van der Waals surface area contributed by atoms with Crippen molar-refractivity contribution in [1.82, 2.24) is 4.57 Å². The van der Waals surface area contributed by atoms with Crippen molar-refractivity contribution in [2.75, 3.05) is 14.7 Å². The first kappa shape index (κ1) is 48.3. The van der Waals surface area contributed by atoms with Gasteiger partial charge >= 0.3 is 0 Å². The molecule has 0 unspecified atom stereocenters. The minimum absolute atomic E-state index is 0.0549. The van der Waals surface area contributed by atoms with Crippen LogP contribution in [-0.2, 0) is 21.7 Å². The average Bonchev–Trinajstić information content (AvgIpc) is 1.47. The molecule has 4 nitrogen and oxygen atoms in total. The van der Waals surface area contributed by atoms with Gasteiger partial charge in [-0.1, -0.05) is 212 Å². The van der Waals surface area contributed by atoms with Crippen LogP contribution >= 0.6 is 0 Å². The molecular weight excluding hydrogens is 1010 g/mol. The molecule has 0 saturated heterocycles. The van der Waals surface area contributed by atoms with Gasteiger partial charge in [0.15, 0.2) is 0 Å². The molecule has 0 spiro atoms. The lowest BCUT2D eigenvalue weighted by molar-refractivity contribution is 0.603. The second kappa shape index (κ2) is 16.3. The largest absolute Gasteiger partial charge is 0.312 e. The molecule has 84 heavy (non-hydrogen) atoms. The molecule has 0 bridgehead atoms. The van der Waals surface area contributed by atoms with E-state index in [0.29, 0.717) is 0 Å². The highest BCUT2D eigenvalue weighted by molar-refractivity contribution is 7.04. The number of hydrogen-bond donors (Lipinski definition) is 0. The molecule has 0 fully saturated rings. The summed E-state index contributed by atoms with van der Waals surface area (Å²) in [5, 5.41) is 2.57. The molecule has 0 atom stereocenters. The Labute approximate surface area is 493 Å². The second-order valence-corrected chi connectivity index (χ2v) is 26.7. The van der Waals surface area contributed by atoms with E-state index in [1.165, 1.54) is 133 Å². The Hall–Kier alpha value is -9.25. The standard InChI is InChI=1S/C78H62B2N4/c1-75(2)53-37-25-39-55-67(53)79-69-61(45-43-59(63(69)75)81(47-27-13-9-14-28-47)48-29-15-10-16-30-48)84-62-46-44-60(82(49-31-17-11-18-32-49)50-33-19-12-20-34-50)64-70(62)80-68-54(76(64,3)4)38-26-40-56(68)78(7,8)66-72(80)74(84)71(79)65(77(55,5)6)73(66)83-57-41-23-21-35-51(57)52-36-22-24-42-58(52)83/h9-46H,1-8H3. The van der Waals surface area contributed by atoms with E-state index in [4.69, 9.17) is 0 Å². The molecule has 11 aromatic carbocycles. The minimum atomic E-state index is -0.438. The third-order valence-electron chi connectivity index (χ3n) is 21.1. The van der Waals surface area contributed by atoms with Gasteiger partial charge in [-0.05, 0) is 151 Å². The van der Waals surface area contributed by atoms with Gasteiger partial charge in [0.2, 0.25) is 13.4 Å². The number of para-hydroxylation sites is 6. The van der Waals surface area contributed by atoms with Gasteiger partial charge < -0.3 is 19.3 Å². The summed E-state index contributed by atoms with van der Waals surface area (Å²) in [5.41, 5.74) is 33.2. The molecule has 0 amide bonds.